The largest absolute Gasteiger partial charge is 0.497 e. The topological polar surface area (TPSA) is 36.5 Å². The second-order valence-corrected chi connectivity index (χ2v) is 5.60. The van der Waals surface area contributed by atoms with Crippen LogP contribution in [-0.2, 0) is 0 Å². The van der Waals surface area contributed by atoms with Crippen molar-refractivity contribution in [1.29, 1.82) is 0 Å². The number of para-hydroxylation sites is 1. The SMILES string of the molecule is COc1ccc2c(c1)N(C)C(Nc1c(Cl)cccc1Cl)N2. The number of benzene rings is 2. The molecule has 1 aliphatic heterocycles. The summed E-state index contributed by atoms with van der Waals surface area (Å²) >= 11 is 12.4. The van der Waals surface area contributed by atoms with Crippen molar-refractivity contribution in [3.8, 4) is 5.75 Å². The van der Waals surface area contributed by atoms with Crippen molar-refractivity contribution < 1.29 is 4.74 Å². The van der Waals surface area contributed by atoms with Gasteiger partial charge >= 0.3 is 0 Å². The Morgan fingerprint density at radius 3 is 2.57 bits per heavy atom. The molecule has 0 aliphatic carbocycles. The number of anilines is 3. The number of nitrogens with zero attached hydrogens (tertiary/aromatic N) is 1. The predicted molar refractivity (Wildman–Crippen MR) is 88.9 cm³/mol. The van der Waals surface area contributed by atoms with Gasteiger partial charge in [-0.2, -0.15) is 0 Å². The number of rotatable bonds is 3. The van der Waals surface area contributed by atoms with E-state index in [1.165, 1.54) is 0 Å². The summed E-state index contributed by atoms with van der Waals surface area (Å²) in [5.41, 5.74) is 2.79. The second-order valence-electron chi connectivity index (χ2n) is 4.78. The Balaban J connectivity index is 1.86. The van der Waals surface area contributed by atoms with Crippen LogP contribution in [0, 0.1) is 0 Å². The lowest BCUT2D eigenvalue weighted by Crippen LogP contribution is -2.39. The van der Waals surface area contributed by atoms with Crippen molar-refractivity contribution in [3.05, 3.63) is 46.4 Å². The second kappa shape index (κ2) is 5.54. The zero-order valence-corrected chi connectivity index (χ0v) is 13.2. The summed E-state index contributed by atoms with van der Waals surface area (Å²) in [6, 6.07) is 11.3. The van der Waals surface area contributed by atoms with Crippen LogP contribution in [-0.4, -0.2) is 20.4 Å². The minimum atomic E-state index is -0.135. The van der Waals surface area contributed by atoms with E-state index in [0.29, 0.717) is 15.7 Å². The molecule has 2 aromatic carbocycles. The molecule has 2 N–H and O–H groups in total. The third-order valence-electron chi connectivity index (χ3n) is 3.51. The van der Waals surface area contributed by atoms with Crippen molar-refractivity contribution in [3.63, 3.8) is 0 Å². The summed E-state index contributed by atoms with van der Waals surface area (Å²) in [5, 5.41) is 7.88. The predicted octanol–water partition coefficient (Wildman–Crippen LogP) is 4.26. The zero-order valence-electron chi connectivity index (χ0n) is 11.7. The van der Waals surface area contributed by atoms with Crippen LogP contribution >= 0.6 is 23.2 Å². The zero-order chi connectivity index (χ0) is 15.0. The molecule has 0 amide bonds. The van der Waals surface area contributed by atoms with E-state index < -0.39 is 0 Å². The molecule has 3 rings (SSSR count). The summed E-state index contributed by atoms with van der Waals surface area (Å²) in [6.07, 6.45) is -0.135. The number of methoxy groups -OCH3 is 1. The molecule has 0 bridgehead atoms. The first kappa shape index (κ1) is 14.2. The molecule has 2 aromatic rings. The van der Waals surface area contributed by atoms with Crippen molar-refractivity contribution in [2.45, 2.75) is 6.29 Å². The minimum Gasteiger partial charge on any atom is -0.497 e. The average Bonchev–Trinajstić information content (AvgIpc) is 2.79. The summed E-state index contributed by atoms with van der Waals surface area (Å²) in [7, 11) is 3.64. The van der Waals surface area contributed by atoms with Crippen LogP contribution in [0.15, 0.2) is 36.4 Å². The van der Waals surface area contributed by atoms with Crippen LogP contribution in [0.1, 0.15) is 0 Å². The maximum Gasteiger partial charge on any atom is 0.176 e. The smallest absolute Gasteiger partial charge is 0.176 e. The summed E-state index contributed by atoms with van der Waals surface area (Å²) in [5.74, 6) is 0.818. The number of nitrogens with one attached hydrogen (secondary N) is 2. The first-order valence-electron chi connectivity index (χ1n) is 6.48. The quantitative estimate of drug-likeness (QED) is 0.884. The fourth-order valence-corrected chi connectivity index (χ4v) is 2.85. The Labute approximate surface area is 133 Å². The first-order valence-corrected chi connectivity index (χ1v) is 7.23. The molecule has 1 atom stereocenters. The molecule has 21 heavy (non-hydrogen) atoms. The van der Waals surface area contributed by atoms with Crippen molar-refractivity contribution in [2.75, 3.05) is 29.7 Å². The van der Waals surface area contributed by atoms with Gasteiger partial charge in [-0.1, -0.05) is 29.3 Å². The Kier molecular flexibility index (Phi) is 3.74. The highest BCUT2D eigenvalue weighted by Crippen LogP contribution is 2.38. The van der Waals surface area contributed by atoms with Crippen molar-refractivity contribution >= 4 is 40.3 Å². The molecule has 0 radical (unpaired) electrons. The molecular weight excluding hydrogens is 309 g/mol. The van der Waals surface area contributed by atoms with E-state index in [2.05, 4.69) is 15.5 Å². The standard InChI is InChI=1S/C15H15Cl2N3O/c1-20-13-8-9(21-2)6-7-12(13)18-15(20)19-14-10(16)4-3-5-11(14)17/h3-8,15,18-19H,1-2H3. The summed E-state index contributed by atoms with van der Waals surface area (Å²) in [4.78, 5) is 2.07. The lowest BCUT2D eigenvalue weighted by Gasteiger charge is -2.25. The highest BCUT2D eigenvalue weighted by atomic mass is 35.5. The van der Waals surface area contributed by atoms with E-state index in [0.717, 1.165) is 17.1 Å². The Bertz CT molecular complexity index is 658. The summed E-state index contributed by atoms with van der Waals surface area (Å²) in [6.45, 7) is 0. The number of hydrogen-bond donors (Lipinski definition) is 2. The fourth-order valence-electron chi connectivity index (χ4n) is 2.34. The van der Waals surface area contributed by atoms with Gasteiger partial charge in [0.15, 0.2) is 6.29 Å². The third kappa shape index (κ3) is 2.57. The minimum absolute atomic E-state index is 0.135. The molecule has 6 heteroatoms. The highest BCUT2D eigenvalue weighted by molar-refractivity contribution is 6.39. The fraction of sp³-hybridized carbons (Fsp3) is 0.200. The Morgan fingerprint density at radius 2 is 1.90 bits per heavy atom. The van der Waals surface area contributed by atoms with Crippen molar-refractivity contribution in [1.82, 2.24) is 0 Å². The van der Waals surface area contributed by atoms with E-state index in [1.807, 2.05) is 31.3 Å². The van der Waals surface area contributed by atoms with Crippen LogP contribution in [0.5, 0.6) is 5.75 Å². The molecule has 0 aromatic heterocycles. The van der Waals surface area contributed by atoms with Crippen LogP contribution in [0.4, 0.5) is 17.1 Å². The number of fused-ring (bicyclic) bond motifs is 1. The van der Waals surface area contributed by atoms with E-state index >= 15 is 0 Å². The monoisotopic (exact) mass is 323 g/mol. The molecule has 1 heterocycles. The van der Waals surface area contributed by atoms with Crippen molar-refractivity contribution in [2.24, 2.45) is 0 Å². The normalized spacial score (nSPS) is 16.4. The number of halogens is 2. The highest BCUT2D eigenvalue weighted by Gasteiger charge is 2.26. The molecule has 110 valence electrons. The van der Waals surface area contributed by atoms with E-state index in [9.17, 15) is 0 Å². The van der Waals surface area contributed by atoms with Gasteiger partial charge < -0.3 is 20.3 Å². The Morgan fingerprint density at radius 1 is 1.19 bits per heavy atom. The van der Waals surface area contributed by atoms with Crippen LogP contribution in [0.2, 0.25) is 10.0 Å². The van der Waals surface area contributed by atoms with Crippen LogP contribution < -0.4 is 20.3 Å². The molecule has 1 unspecified atom stereocenters. The van der Waals surface area contributed by atoms with Gasteiger partial charge in [0, 0.05) is 13.1 Å². The van der Waals surface area contributed by atoms with Crippen LogP contribution in [0.25, 0.3) is 0 Å². The lowest BCUT2D eigenvalue weighted by molar-refractivity contribution is 0.415. The number of hydrogen-bond acceptors (Lipinski definition) is 4. The maximum absolute atomic E-state index is 6.20. The molecule has 0 saturated carbocycles. The third-order valence-corrected chi connectivity index (χ3v) is 4.14. The van der Waals surface area contributed by atoms with Gasteiger partial charge in [0.1, 0.15) is 5.75 Å². The van der Waals surface area contributed by atoms with Gasteiger partial charge in [0.2, 0.25) is 0 Å². The van der Waals surface area contributed by atoms with Gasteiger partial charge in [-0.05, 0) is 24.3 Å². The van der Waals surface area contributed by atoms with E-state index in [-0.39, 0.29) is 6.29 Å². The molecular formula is C15H15Cl2N3O. The summed E-state index contributed by atoms with van der Waals surface area (Å²) < 4.78 is 5.26. The van der Waals surface area contributed by atoms with Gasteiger partial charge in [-0.25, -0.2) is 0 Å². The first-order chi connectivity index (χ1) is 10.1. The number of ether oxygens (including phenoxy) is 1. The van der Waals surface area contributed by atoms with E-state index in [1.54, 1.807) is 19.2 Å². The van der Waals surface area contributed by atoms with Crippen LogP contribution in [0.3, 0.4) is 0 Å². The average molecular weight is 324 g/mol. The Hall–Kier alpha value is -1.78. The maximum atomic E-state index is 6.20. The van der Waals surface area contributed by atoms with Gasteiger partial charge in [-0.15, -0.1) is 0 Å². The van der Waals surface area contributed by atoms with Gasteiger partial charge in [-0.3, -0.25) is 0 Å². The molecule has 0 saturated heterocycles. The molecule has 0 spiro atoms. The van der Waals surface area contributed by atoms with Gasteiger partial charge in [0.25, 0.3) is 0 Å². The molecule has 0 fully saturated rings. The molecule has 1 aliphatic rings. The van der Waals surface area contributed by atoms with E-state index in [4.69, 9.17) is 27.9 Å². The van der Waals surface area contributed by atoms with Gasteiger partial charge in [0.05, 0.1) is 34.2 Å². The molecule has 4 nitrogen and oxygen atoms in total. The lowest BCUT2D eigenvalue weighted by atomic mass is 10.2.